The maximum atomic E-state index is 5.12. The molecule has 0 spiro atoms. The molecule has 0 aliphatic heterocycles. The van der Waals surface area contributed by atoms with Gasteiger partial charge in [-0.05, 0) is 6.42 Å². The van der Waals surface area contributed by atoms with E-state index in [0.717, 1.165) is 6.42 Å². The molecule has 0 radical (unpaired) electrons. The summed E-state index contributed by atoms with van der Waals surface area (Å²) >= 11 is 0. The van der Waals surface area contributed by atoms with Gasteiger partial charge in [0.05, 0.1) is 0 Å². The highest BCUT2D eigenvalue weighted by atomic mass is 16.6. The molecule has 0 amide bonds. The molecule has 1 aromatic rings. The second kappa shape index (κ2) is 4.90. The fraction of sp³-hybridized carbons (Fsp3) is 0.714. The van der Waals surface area contributed by atoms with Crippen LogP contribution >= 0.6 is 0 Å². The number of aromatic nitrogens is 2. The Morgan fingerprint density at radius 1 is 1.62 bits per heavy atom. The van der Waals surface area contributed by atoms with Gasteiger partial charge in [0.1, 0.15) is 12.7 Å². The first-order valence-corrected chi connectivity index (χ1v) is 3.98. The molecule has 1 unspecified atom stereocenters. The summed E-state index contributed by atoms with van der Waals surface area (Å²) < 4.78 is 9.96. The van der Waals surface area contributed by atoms with E-state index in [9.17, 15) is 0 Å². The van der Waals surface area contributed by atoms with Crippen LogP contribution in [0.5, 0.6) is 0 Å². The third-order valence-electron chi connectivity index (χ3n) is 1.63. The van der Waals surface area contributed by atoms with Crippen molar-refractivity contribution in [3.63, 3.8) is 0 Å². The van der Waals surface area contributed by atoms with Crippen LogP contribution < -0.4 is 5.90 Å². The molecule has 0 saturated heterocycles. The Hall–Kier alpha value is -0.980. The number of nitrogens with two attached hydrogens (primary N) is 1. The summed E-state index contributed by atoms with van der Waals surface area (Å²) in [6.45, 7) is 2.09. The SMILES string of the molecule is CCC(OC)c1noc(CON)n1. The standard InChI is InChI=1S/C7H13N3O3/c1-3-5(11-2)7-9-6(4-12-8)13-10-7/h5H,3-4,8H2,1-2H3. The molecule has 1 atom stereocenters. The van der Waals surface area contributed by atoms with Crippen LogP contribution in [-0.4, -0.2) is 17.3 Å². The van der Waals surface area contributed by atoms with Crippen LogP contribution in [0.25, 0.3) is 0 Å². The Morgan fingerprint density at radius 2 is 2.38 bits per heavy atom. The molecule has 1 heterocycles. The van der Waals surface area contributed by atoms with Gasteiger partial charge >= 0.3 is 0 Å². The van der Waals surface area contributed by atoms with Crippen LogP contribution in [0, 0.1) is 0 Å². The lowest BCUT2D eigenvalue weighted by molar-refractivity contribution is 0.0898. The first-order chi connectivity index (χ1) is 6.31. The van der Waals surface area contributed by atoms with Crippen molar-refractivity contribution >= 4 is 0 Å². The van der Waals surface area contributed by atoms with Crippen LogP contribution in [0.15, 0.2) is 4.52 Å². The Kier molecular flexibility index (Phi) is 3.81. The first kappa shape index (κ1) is 10.1. The van der Waals surface area contributed by atoms with Crippen molar-refractivity contribution in [2.24, 2.45) is 5.90 Å². The monoisotopic (exact) mass is 187 g/mol. The average molecular weight is 187 g/mol. The number of hydrogen-bond donors (Lipinski definition) is 1. The van der Waals surface area contributed by atoms with Crippen LogP contribution in [0.2, 0.25) is 0 Å². The Bertz CT molecular complexity index is 247. The summed E-state index contributed by atoms with van der Waals surface area (Å²) in [5, 5.41) is 3.73. The summed E-state index contributed by atoms with van der Waals surface area (Å²) in [7, 11) is 1.60. The van der Waals surface area contributed by atoms with Gasteiger partial charge in [-0.2, -0.15) is 4.98 Å². The van der Waals surface area contributed by atoms with Crippen LogP contribution in [-0.2, 0) is 16.2 Å². The van der Waals surface area contributed by atoms with Gasteiger partial charge in [0, 0.05) is 7.11 Å². The highest BCUT2D eigenvalue weighted by Crippen LogP contribution is 2.16. The van der Waals surface area contributed by atoms with Crippen molar-refractivity contribution in [1.29, 1.82) is 0 Å². The van der Waals surface area contributed by atoms with Crippen molar-refractivity contribution in [2.75, 3.05) is 7.11 Å². The molecule has 13 heavy (non-hydrogen) atoms. The predicted molar refractivity (Wildman–Crippen MR) is 43.3 cm³/mol. The third-order valence-corrected chi connectivity index (χ3v) is 1.63. The summed E-state index contributed by atoms with van der Waals surface area (Å²) in [5.41, 5.74) is 0. The molecule has 2 N–H and O–H groups in total. The fourth-order valence-corrected chi connectivity index (χ4v) is 0.983. The van der Waals surface area contributed by atoms with Crippen LogP contribution in [0.4, 0.5) is 0 Å². The minimum absolute atomic E-state index is 0.118. The minimum Gasteiger partial charge on any atom is -0.373 e. The Balaban J connectivity index is 2.66. The average Bonchev–Trinajstić information content (AvgIpc) is 2.56. The lowest BCUT2D eigenvalue weighted by Gasteiger charge is -2.05. The van der Waals surface area contributed by atoms with Crippen molar-refractivity contribution in [2.45, 2.75) is 26.1 Å². The van der Waals surface area contributed by atoms with E-state index in [1.807, 2.05) is 6.92 Å². The summed E-state index contributed by atoms with van der Waals surface area (Å²) in [5.74, 6) is 5.73. The molecule has 0 aliphatic rings. The highest BCUT2D eigenvalue weighted by molar-refractivity contribution is 4.89. The van der Waals surface area contributed by atoms with Gasteiger partial charge in [0.15, 0.2) is 0 Å². The van der Waals surface area contributed by atoms with Gasteiger partial charge in [-0.1, -0.05) is 12.1 Å². The second-order valence-corrected chi connectivity index (χ2v) is 2.49. The number of ether oxygens (including phenoxy) is 1. The topological polar surface area (TPSA) is 83.4 Å². The molecule has 74 valence electrons. The van der Waals surface area contributed by atoms with Crippen molar-refractivity contribution in [3.05, 3.63) is 11.7 Å². The van der Waals surface area contributed by atoms with E-state index in [2.05, 4.69) is 15.0 Å². The molecule has 6 nitrogen and oxygen atoms in total. The van der Waals surface area contributed by atoms with E-state index in [1.54, 1.807) is 7.11 Å². The molecule has 1 rings (SSSR count). The van der Waals surface area contributed by atoms with Crippen molar-refractivity contribution in [3.8, 4) is 0 Å². The van der Waals surface area contributed by atoms with Crippen molar-refractivity contribution < 1.29 is 14.1 Å². The van der Waals surface area contributed by atoms with Gasteiger partial charge in [-0.25, -0.2) is 5.90 Å². The molecule has 0 saturated carbocycles. The largest absolute Gasteiger partial charge is 0.373 e. The maximum Gasteiger partial charge on any atom is 0.254 e. The highest BCUT2D eigenvalue weighted by Gasteiger charge is 2.15. The predicted octanol–water partition coefficient (Wildman–Crippen LogP) is 0.557. The van der Waals surface area contributed by atoms with Crippen LogP contribution in [0.3, 0.4) is 0 Å². The van der Waals surface area contributed by atoms with Crippen molar-refractivity contribution in [1.82, 2.24) is 10.1 Å². The van der Waals surface area contributed by atoms with Crippen LogP contribution in [0.1, 0.15) is 31.2 Å². The molecule has 0 fully saturated rings. The Morgan fingerprint density at radius 3 is 2.92 bits per heavy atom. The second-order valence-electron chi connectivity index (χ2n) is 2.49. The Labute approximate surface area is 76.0 Å². The zero-order valence-corrected chi connectivity index (χ0v) is 7.69. The first-order valence-electron chi connectivity index (χ1n) is 3.98. The zero-order chi connectivity index (χ0) is 9.68. The molecule has 1 aromatic heterocycles. The van der Waals surface area contributed by atoms with E-state index in [-0.39, 0.29) is 12.7 Å². The quantitative estimate of drug-likeness (QED) is 0.678. The van der Waals surface area contributed by atoms with E-state index in [4.69, 9.17) is 15.2 Å². The summed E-state index contributed by atoms with van der Waals surface area (Å²) in [6.07, 6.45) is 0.661. The smallest absolute Gasteiger partial charge is 0.254 e. The zero-order valence-electron chi connectivity index (χ0n) is 7.69. The lowest BCUT2D eigenvalue weighted by atomic mass is 10.3. The van der Waals surface area contributed by atoms with Gasteiger partial charge in [-0.3, -0.25) is 4.84 Å². The molecular weight excluding hydrogens is 174 g/mol. The normalized spacial score (nSPS) is 13.2. The molecule has 0 aromatic carbocycles. The molecular formula is C7H13N3O3. The molecule has 0 aliphatic carbocycles. The summed E-state index contributed by atoms with van der Waals surface area (Å²) in [4.78, 5) is 8.39. The van der Waals surface area contributed by atoms with E-state index >= 15 is 0 Å². The van der Waals surface area contributed by atoms with E-state index < -0.39 is 0 Å². The number of nitrogens with zero attached hydrogens (tertiary/aromatic N) is 2. The third kappa shape index (κ3) is 2.48. The van der Waals surface area contributed by atoms with Gasteiger partial charge in [0.2, 0.25) is 5.82 Å². The lowest BCUT2D eigenvalue weighted by Crippen LogP contribution is -2.03. The number of rotatable bonds is 5. The maximum absolute atomic E-state index is 5.12. The van der Waals surface area contributed by atoms with Gasteiger partial charge < -0.3 is 9.26 Å². The van der Waals surface area contributed by atoms with E-state index in [0.29, 0.717) is 11.7 Å². The molecule has 0 bridgehead atoms. The molecule has 6 heteroatoms. The van der Waals surface area contributed by atoms with Gasteiger partial charge in [-0.15, -0.1) is 0 Å². The van der Waals surface area contributed by atoms with Gasteiger partial charge in [0.25, 0.3) is 5.89 Å². The number of methoxy groups -OCH3 is 1. The van der Waals surface area contributed by atoms with E-state index in [1.165, 1.54) is 0 Å². The minimum atomic E-state index is -0.129. The summed E-state index contributed by atoms with van der Waals surface area (Å²) in [6, 6.07) is 0. The number of hydrogen-bond acceptors (Lipinski definition) is 6. The fourth-order valence-electron chi connectivity index (χ4n) is 0.983.